The summed E-state index contributed by atoms with van der Waals surface area (Å²) < 4.78 is 77.7. The smallest absolute Gasteiger partial charge is 0.347 e. The van der Waals surface area contributed by atoms with E-state index in [0.29, 0.717) is 27.7 Å². The second-order valence-electron chi connectivity index (χ2n) is 6.25. The number of hydrogen-bond donors (Lipinski definition) is 1. The van der Waals surface area contributed by atoms with Gasteiger partial charge in [0, 0.05) is 28.4 Å². The van der Waals surface area contributed by atoms with Gasteiger partial charge in [0.1, 0.15) is 5.01 Å². The summed E-state index contributed by atoms with van der Waals surface area (Å²) in [5.74, 6) is -1.05. The van der Waals surface area contributed by atoms with Crippen molar-refractivity contribution in [2.45, 2.75) is 25.8 Å². The Hall–Kier alpha value is -2.95. The lowest BCUT2D eigenvalue weighted by Gasteiger charge is -2.14. The molecule has 0 spiro atoms. The van der Waals surface area contributed by atoms with Crippen molar-refractivity contribution in [1.29, 1.82) is 0 Å². The molecule has 0 saturated carbocycles. The Balaban J connectivity index is 1.82. The van der Waals surface area contributed by atoms with Crippen molar-refractivity contribution in [3.63, 3.8) is 0 Å². The standard InChI is InChI=1S/C19H13F6N3OS/c1-10-15(30-17(28-10)11-3-2-4-26-8-11)9-27-16(29)12-5-13(18(20,21)22)7-14(6-12)19(23,24)25/h2-8H,9H2,1H3,(H,27,29). The molecule has 11 heteroatoms. The van der Waals surface area contributed by atoms with Gasteiger partial charge in [-0.25, -0.2) is 4.98 Å². The molecule has 0 bridgehead atoms. The summed E-state index contributed by atoms with van der Waals surface area (Å²) in [4.78, 5) is 21.2. The number of carbonyl (C=O) groups excluding carboxylic acids is 1. The zero-order chi connectivity index (χ0) is 22.1. The molecular weight excluding hydrogens is 432 g/mol. The lowest BCUT2D eigenvalue weighted by molar-refractivity contribution is -0.143. The third kappa shape index (κ3) is 4.96. The summed E-state index contributed by atoms with van der Waals surface area (Å²) in [5.41, 5.74) is -2.49. The summed E-state index contributed by atoms with van der Waals surface area (Å²) in [6, 6.07) is 4.27. The second kappa shape index (κ2) is 8.05. The minimum absolute atomic E-state index is 0.0235. The van der Waals surface area contributed by atoms with E-state index in [1.165, 1.54) is 11.3 Å². The predicted octanol–water partition coefficient (Wildman–Crippen LogP) is 5.48. The van der Waals surface area contributed by atoms with E-state index < -0.39 is 35.0 Å². The van der Waals surface area contributed by atoms with Crippen LogP contribution in [0.15, 0.2) is 42.7 Å². The largest absolute Gasteiger partial charge is 0.416 e. The van der Waals surface area contributed by atoms with Crippen LogP contribution in [-0.4, -0.2) is 15.9 Å². The maximum Gasteiger partial charge on any atom is 0.416 e. The van der Waals surface area contributed by atoms with Crippen molar-refractivity contribution >= 4 is 17.2 Å². The summed E-state index contributed by atoms with van der Waals surface area (Å²) in [6.07, 6.45) is -6.86. The second-order valence-corrected chi connectivity index (χ2v) is 7.33. The first-order chi connectivity index (χ1) is 13.9. The molecule has 3 rings (SSSR count). The van der Waals surface area contributed by atoms with E-state index in [1.807, 2.05) is 0 Å². The highest BCUT2D eigenvalue weighted by atomic mass is 32.1. The highest BCUT2D eigenvalue weighted by molar-refractivity contribution is 7.15. The first-order valence-corrected chi connectivity index (χ1v) is 9.21. The Morgan fingerprint density at radius 1 is 1.07 bits per heavy atom. The fourth-order valence-corrected chi connectivity index (χ4v) is 3.55. The van der Waals surface area contributed by atoms with Crippen molar-refractivity contribution < 1.29 is 31.1 Å². The van der Waals surface area contributed by atoms with Crippen molar-refractivity contribution in [3.05, 3.63) is 70.0 Å². The van der Waals surface area contributed by atoms with Gasteiger partial charge in [-0.2, -0.15) is 26.3 Å². The molecule has 2 heterocycles. The number of nitrogens with one attached hydrogen (secondary N) is 1. The summed E-state index contributed by atoms with van der Waals surface area (Å²) >= 11 is 1.24. The van der Waals surface area contributed by atoms with Gasteiger partial charge in [0.2, 0.25) is 0 Å². The number of aromatic nitrogens is 2. The molecule has 3 aromatic rings. The molecule has 1 aromatic carbocycles. The minimum Gasteiger partial charge on any atom is -0.347 e. The summed E-state index contributed by atoms with van der Waals surface area (Å²) in [7, 11) is 0. The third-order valence-electron chi connectivity index (χ3n) is 4.06. The summed E-state index contributed by atoms with van der Waals surface area (Å²) in [6.45, 7) is 1.59. The van der Waals surface area contributed by atoms with E-state index in [0.717, 1.165) is 5.56 Å². The van der Waals surface area contributed by atoms with Crippen LogP contribution in [0, 0.1) is 6.92 Å². The van der Waals surface area contributed by atoms with Crippen LogP contribution in [0.2, 0.25) is 0 Å². The van der Waals surface area contributed by atoms with Gasteiger partial charge in [-0.3, -0.25) is 9.78 Å². The predicted molar refractivity (Wildman–Crippen MR) is 97.7 cm³/mol. The van der Waals surface area contributed by atoms with Gasteiger partial charge in [-0.15, -0.1) is 11.3 Å². The molecule has 0 aliphatic carbocycles. The van der Waals surface area contributed by atoms with E-state index >= 15 is 0 Å². The maximum absolute atomic E-state index is 13.0. The zero-order valence-corrected chi connectivity index (χ0v) is 16.0. The third-order valence-corrected chi connectivity index (χ3v) is 5.27. The molecule has 0 aliphatic heterocycles. The Morgan fingerprint density at radius 2 is 1.70 bits per heavy atom. The average Bonchev–Trinajstić information content (AvgIpc) is 3.06. The molecule has 158 valence electrons. The van der Waals surface area contributed by atoms with Crippen LogP contribution in [0.1, 0.15) is 32.1 Å². The van der Waals surface area contributed by atoms with Crippen molar-refractivity contribution in [2.75, 3.05) is 0 Å². The van der Waals surface area contributed by atoms with Gasteiger partial charge in [0.25, 0.3) is 5.91 Å². The Kier molecular flexibility index (Phi) is 5.84. The van der Waals surface area contributed by atoms with Crippen LogP contribution >= 0.6 is 11.3 Å². The van der Waals surface area contributed by atoms with Crippen LogP contribution < -0.4 is 5.32 Å². The number of nitrogens with zero attached hydrogens (tertiary/aromatic N) is 2. The molecule has 0 saturated heterocycles. The molecule has 2 aromatic heterocycles. The lowest BCUT2D eigenvalue weighted by Crippen LogP contribution is -2.24. The van der Waals surface area contributed by atoms with Crippen molar-refractivity contribution in [3.8, 4) is 10.6 Å². The maximum atomic E-state index is 13.0. The molecular formula is C19H13F6N3OS. The van der Waals surface area contributed by atoms with Gasteiger partial charge in [0.05, 0.1) is 23.4 Å². The van der Waals surface area contributed by atoms with Crippen LogP contribution in [0.25, 0.3) is 10.6 Å². The first-order valence-electron chi connectivity index (χ1n) is 8.39. The molecule has 0 atom stereocenters. The van der Waals surface area contributed by atoms with Gasteiger partial charge in [-0.1, -0.05) is 0 Å². The van der Waals surface area contributed by atoms with Gasteiger partial charge in [-0.05, 0) is 37.3 Å². The monoisotopic (exact) mass is 445 g/mol. The van der Waals surface area contributed by atoms with E-state index in [4.69, 9.17) is 0 Å². The number of amides is 1. The lowest BCUT2D eigenvalue weighted by atomic mass is 10.0. The number of rotatable bonds is 4. The number of pyridine rings is 1. The van der Waals surface area contributed by atoms with Gasteiger partial charge >= 0.3 is 12.4 Å². The molecule has 0 radical (unpaired) electrons. The normalized spacial score (nSPS) is 12.1. The number of thiazole rings is 1. The highest BCUT2D eigenvalue weighted by Gasteiger charge is 2.37. The average molecular weight is 445 g/mol. The van der Waals surface area contributed by atoms with Crippen LogP contribution in [0.4, 0.5) is 26.3 Å². The van der Waals surface area contributed by atoms with Crippen LogP contribution in [0.5, 0.6) is 0 Å². The highest BCUT2D eigenvalue weighted by Crippen LogP contribution is 2.36. The van der Waals surface area contributed by atoms with Crippen LogP contribution in [-0.2, 0) is 18.9 Å². The van der Waals surface area contributed by atoms with Gasteiger partial charge in [0.15, 0.2) is 0 Å². The zero-order valence-electron chi connectivity index (χ0n) is 15.2. The molecule has 0 unspecified atom stereocenters. The van der Waals surface area contributed by atoms with E-state index in [-0.39, 0.29) is 12.6 Å². The fourth-order valence-electron chi connectivity index (χ4n) is 2.55. The Labute approximate surface area is 170 Å². The number of alkyl halides is 6. The number of aryl methyl sites for hydroxylation is 1. The number of carbonyl (C=O) groups is 1. The molecule has 1 amide bonds. The summed E-state index contributed by atoms with van der Waals surface area (Å²) in [5, 5.41) is 2.99. The van der Waals surface area contributed by atoms with E-state index in [9.17, 15) is 31.1 Å². The molecule has 1 N–H and O–H groups in total. The van der Waals surface area contributed by atoms with Crippen molar-refractivity contribution in [2.24, 2.45) is 0 Å². The van der Waals surface area contributed by atoms with Crippen LogP contribution in [0.3, 0.4) is 0 Å². The number of hydrogen-bond acceptors (Lipinski definition) is 4. The number of benzene rings is 1. The molecule has 0 fully saturated rings. The van der Waals surface area contributed by atoms with E-state index in [2.05, 4.69) is 15.3 Å². The molecule has 4 nitrogen and oxygen atoms in total. The Bertz CT molecular complexity index is 1030. The minimum atomic E-state index is -5.02. The number of halogens is 6. The molecule has 30 heavy (non-hydrogen) atoms. The molecule has 0 aliphatic rings. The van der Waals surface area contributed by atoms with E-state index in [1.54, 1.807) is 31.5 Å². The topological polar surface area (TPSA) is 54.9 Å². The fraction of sp³-hybridized carbons (Fsp3) is 0.211. The first kappa shape index (κ1) is 21.8. The Morgan fingerprint density at radius 3 is 2.23 bits per heavy atom. The SMILES string of the molecule is Cc1nc(-c2cccnc2)sc1CNC(=O)c1cc(C(F)(F)F)cc(C(F)(F)F)c1. The van der Waals surface area contributed by atoms with Gasteiger partial charge < -0.3 is 5.32 Å². The van der Waals surface area contributed by atoms with Crippen molar-refractivity contribution in [1.82, 2.24) is 15.3 Å². The quantitative estimate of drug-likeness (QED) is 0.541.